The van der Waals surface area contributed by atoms with E-state index in [1.807, 2.05) is 31.2 Å². The number of carbonyl (C=O) groups is 2. The molecule has 0 radical (unpaired) electrons. The van der Waals surface area contributed by atoms with Crippen LogP contribution in [0.15, 0.2) is 48.5 Å². The summed E-state index contributed by atoms with van der Waals surface area (Å²) in [4.78, 5) is 23.2. The van der Waals surface area contributed by atoms with E-state index < -0.39 is 0 Å². The molecule has 0 fully saturated rings. The number of para-hydroxylation sites is 1. The van der Waals surface area contributed by atoms with Gasteiger partial charge in [0.2, 0.25) is 0 Å². The van der Waals surface area contributed by atoms with E-state index in [4.69, 9.17) is 4.74 Å². The Kier molecular flexibility index (Phi) is 6.37. The molecule has 2 aromatic carbocycles. The van der Waals surface area contributed by atoms with Crippen LogP contribution in [-0.2, 0) is 0 Å². The topological polar surface area (TPSA) is 67.4 Å². The molecule has 5 nitrogen and oxygen atoms in total. The first kappa shape index (κ1) is 17.5. The van der Waals surface area contributed by atoms with E-state index in [0.717, 1.165) is 11.3 Å². The van der Waals surface area contributed by atoms with Crippen molar-refractivity contribution in [2.75, 3.05) is 18.5 Å². The highest BCUT2D eigenvalue weighted by atomic mass is 16.5. The number of benzene rings is 2. The van der Waals surface area contributed by atoms with Gasteiger partial charge < -0.3 is 15.4 Å². The molecule has 0 atom stereocenters. The fourth-order valence-electron chi connectivity index (χ4n) is 2.17. The van der Waals surface area contributed by atoms with Gasteiger partial charge in [-0.3, -0.25) is 4.79 Å². The summed E-state index contributed by atoms with van der Waals surface area (Å²) in [5.74, 6) is 0.829. The maximum absolute atomic E-state index is 11.8. The third-order valence-electron chi connectivity index (χ3n) is 3.48. The molecule has 2 N–H and O–H groups in total. The SMILES string of the molecule is CC(=O)c1cccc(NC(=O)NCCCOc2ccccc2C)c1. The summed E-state index contributed by atoms with van der Waals surface area (Å²) in [6.07, 6.45) is 0.704. The Morgan fingerprint density at radius 1 is 1.08 bits per heavy atom. The monoisotopic (exact) mass is 326 g/mol. The summed E-state index contributed by atoms with van der Waals surface area (Å²) in [6.45, 7) is 4.53. The molecular weight excluding hydrogens is 304 g/mol. The number of nitrogens with one attached hydrogen (secondary N) is 2. The number of rotatable bonds is 7. The molecule has 2 rings (SSSR count). The second-order valence-corrected chi connectivity index (χ2v) is 5.49. The van der Waals surface area contributed by atoms with Crippen LogP contribution in [-0.4, -0.2) is 25.0 Å². The molecule has 0 saturated heterocycles. The molecule has 0 aliphatic rings. The first-order valence-electron chi connectivity index (χ1n) is 7.90. The Hall–Kier alpha value is -2.82. The molecule has 0 aliphatic heterocycles. The van der Waals surface area contributed by atoms with Gasteiger partial charge in [0, 0.05) is 17.8 Å². The zero-order chi connectivity index (χ0) is 17.4. The standard InChI is InChI=1S/C19H22N2O3/c1-14-7-3-4-10-18(14)24-12-6-11-20-19(23)21-17-9-5-8-16(13-17)15(2)22/h3-5,7-10,13H,6,11-12H2,1-2H3,(H2,20,21,23). The minimum atomic E-state index is -0.299. The van der Waals surface area contributed by atoms with Crippen molar-refractivity contribution in [2.45, 2.75) is 20.3 Å². The zero-order valence-electron chi connectivity index (χ0n) is 14.0. The molecule has 126 valence electrons. The Bertz CT molecular complexity index is 713. The Balaban J connectivity index is 1.69. The number of amides is 2. The smallest absolute Gasteiger partial charge is 0.319 e. The highest BCUT2D eigenvalue weighted by molar-refractivity contribution is 5.96. The lowest BCUT2D eigenvalue weighted by Crippen LogP contribution is -2.30. The quantitative estimate of drug-likeness (QED) is 0.601. The van der Waals surface area contributed by atoms with Crippen LogP contribution in [0.2, 0.25) is 0 Å². The summed E-state index contributed by atoms with van der Waals surface area (Å²) in [7, 11) is 0. The van der Waals surface area contributed by atoms with Crippen molar-refractivity contribution in [3.63, 3.8) is 0 Å². The average Bonchev–Trinajstić information content (AvgIpc) is 2.56. The van der Waals surface area contributed by atoms with Crippen LogP contribution in [0, 0.1) is 6.92 Å². The lowest BCUT2D eigenvalue weighted by Gasteiger charge is -2.10. The molecule has 2 amide bonds. The summed E-state index contributed by atoms with van der Waals surface area (Å²) in [5.41, 5.74) is 2.25. The van der Waals surface area contributed by atoms with Crippen LogP contribution in [0.1, 0.15) is 29.3 Å². The number of carbonyl (C=O) groups excluding carboxylic acids is 2. The Morgan fingerprint density at radius 3 is 2.62 bits per heavy atom. The summed E-state index contributed by atoms with van der Waals surface area (Å²) in [6, 6.07) is 14.4. The van der Waals surface area contributed by atoms with Crippen LogP contribution < -0.4 is 15.4 Å². The van der Waals surface area contributed by atoms with Gasteiger partial charge in [-0.15, -0.1) is 0 Å². The van der Waals surface area contributed by atoms with Crippen LogP contribution in [0.25, 0.3) is 0 Å². The molecule has 24 heavy (non-hydrogen) atoms. The van der Waals surface area contributed by atoms with Gasteiger partial charge in [0.25, 0.3) is 0 Å². The number of hydrogen-bond acceptors (Lipinski definition) is 3. The normalized spacial score (nSPS) is 10.1. The molecule has 0 saturated carbocycles. The molecule has 0 aromatic heterocycles. The van der Waals surface area contributed by atoms with Gasteiger partial charge in [-0.05, 0) is 44.0 Å². The molecule has 0 unspecified atom stereocenters. The highest BCUT2D eigenvalue weighted by Gasteiger charge is 2.04. The van der Waals surface area contributed by atoms with Crippen molar-refractivity contribution in [3.8, 4) is 5.75 Å². The lowest BCUT2D eigenvalue weighted by molar-refractivity contribution is 0.101. The van der Waals surface area contributed by atoms with E-state index in [0.29, 0.717) is 30.8 Å². The van der Waals surface area contributed by atoms with E-state index in [1.165, 1.54) is 6.92 Å². The van der Waals surface area contributed by atoms with Crippen LogP contribution >= 0.6 is 0 Å². The van der Waals surface area contributed by atoms with Crippen molar-refractivity contribution in [1.29, 1.82) is 0 Å². The van der Waals surface area contributed by atoms with Gasteiger partial charge in [-0.1, -0.05) is 30.3 Å². The summed E-state index contributed by atoms with van der Waals surface area (Å²) < 4.78 is 5.67. The predicted molar refractivity (Wildman–Crippen MR) is 94.8 cm³/mol. The minimum absolute atomic E-state index is 0.0348. The number of ketones is 1. The first-order valence-corrected chi connectivity index (χ1v) is 7.90. The van der Waals surface area contributed by atoms with Crippen molar-refractivity contribution < 1.29 is 14.3 Å². The number of aryl methyl sites for hydroxylation is 1. The third kappa shape index (κ3) is 5.43. The fraction of sp³-hybridized carbons (Fsp3) is 0.263. The molecule has 2 aromatic rings. The van der Waals surface area contributed by atoms with Gasteiger partial charge in [-0.2, -0.15) is 0 Å². The Morgan fingerprint density at radius 2 is 1.88 bits per heavy atom. The van der Waals surface area contributed by atoms with Crippen molar-refractivity contribution in [2.24, 2.45) is 0 Å². The van der Waals surface area contributed by atoms with Crippen LogP contribution in [0.3, 0.4) is 0 Å². The maximum atomic E-state index is 11.8. The van der Waals surface area contributed by atoms with Gasteiger partial charge in [0.15, 0.2) is 5.78 Å². The van der Waals surface area contributed by atoms with Crippen LogP contribution in [0.5, 0.6) is 5.75 Å². The summed E-state index contributed by atoms with van der Waals surface area (Å²) in [5, 5.41) is 5.48. The van der Waals surface area contributed by atoms with Gasteiger partial charge in [0.05, 0.1) is 6.61 Å². The maximum Gasteiger partial charge on any atom is 0.319 e. The van der Waals surface area contributed by atoms with E-state index in [9.17, 15) is 9.59 Å². The van der Waals surface area contributed by atoms with Crippen molar-refractivity contribution in [1.82, 2.24) is 5.32 Å². The van der Waals surface area contributed by atoms with E-state index in [1.54, 1.807) is 24.3 Å². The molecule has 5 heteroatoms. The van der Waals surface area contributed by atoms with E-state index in [2.05, 4.69) is 10.6 Å². The number of ether oxygens (including phenoxy) is 1. The molecule has 0 aliphatic carbocycles. The van der Waals surface area contributed by atoms with E-state index in [-0.39, 0.29) is 11.8 Å². The largest absolute Gasteiger partial charge is 0.493 e. The molecular formula is C19H22N2O3. The Labute approximate surface area is 142 Å². The second-order valence-electron chi connectivity index (χ2n) is 5.49. The van der Waals surface area contributed by atoms with Gasteiger partial charge in [0.1, 0.15) is 5.75 Å². The van der Waals surface area contributed by atoms with Crippen molar-refractivity contribution in [3.05, 3.63) is 59.7 Å². The third-order valence-corrected chi connectivity index (χ3v) is 3.48. The van der Waals surface area contributed by atoms with E-state index >= 15 is 0 Å². The van der Waals surface area contributed by atoms with Gasteiger partial charge >= 0.3 is 6.03 Å². The second kappa shape index (κ2) is 8.72. The van der Waals surface area contributed by atoms with Crippen LogP contribution in [0.4, 0.5) is 10.5 Å². The molecule has 0 spiro atoms. The highest BCUT2D eigenvalue weighted by Crippen LogP contribution is 2.16. The lowest BCUT2D eigenvalue weighted by atomic mass is 10.1. The molecule has 0 heterocycles. The van der Waals surface area contributed by atoms with Crippen molar-refractivity contribution >= 4 is 17.5 Å². The number of hydrogen-bond donors (Lipinski definition) is 2. The molecule has 0 bridgehead atoms. The number of anilines is 1. The summed E-state index contributed by atoms with van der Waals surface area (Å²) >= 11 is 0. The predicted octanol–water partition coefficient (Wildman–Crippen LogP) is 3.79. The minimum Gasteiger partial charge on any atom is -0.493 e. The number of urea groups is 1. The average molecular weight is 326 g/mol. The number of Topliss-reactive ketones (excluding diaryl/α,β-unsaturated/α-hetero) is 1. The van der Waals surface area contributed by atoms with Gasteiger partial charge in [-0.25, -0.2) is 4.79 Å². The zero-order valence-corrected chi connectivity index (χ0v) is 14.0. The first-order chi connectivity index (χ1) is 11.6. The fourth-order valence-corrected chi connectivity index (χ4v) is 2.17.